The van der Waals surface area contributed by atoms with Crippen LogP contribution in [0.5, 0.6) is 11.5 Å². The van der Waals surface area contributed by atoms with E-state index in [0.717, 1.165) is 13.4 Å². The highest BCUT2D eigenvalue weighted by Crippen LogP contribution is 2.33. The van der Waals surface area contributed by atoms with Crippen LogP contribution in [0.2, 0.25) is 0 Å². The molecule has 1 aromatic heterocycles. The molecule has 1 heterocycles. The Hall–Kier alpha value is -1.87. The third-order valence-corrected chi connectivity index (χ3v) is 6.09. The molecule has 0 aliphatic heterocycles. The van der Waals surface area contributed by atoms with E-state index in [1.165, 1.54) is 13.3 Å². The number of esters is 1. The van der Waals surface area contributed by atoms with Crippen LogP contribution in [0, 0.1) is 7.14 Å². The topological polar surface area (TPSA) is 99.4 Å². The van der Waals surface area contributed by atoms with Crippen molar-refractivity contribution in [1.29, 1.82) is 0 Å². The van der Waals surface area contributed by atoms with Gasteiger partial charge in [0.25, 0.3) is 0 Å². The molecule has 1 amide bonds. The van der Waals surface area contributed by atoms with Crippen molar-refractivity contribution in [1.82, 2.24) is 5.43 Å². The van der Waals surface area contributed by atoms with Crippen molar-refractivity contribution >= 4 is 90.2 Å². The number of hydrogen-bond acceptors (Lipinski definition) is 7. The summed E-state index contributed by atoms with van der Waals surface area (Å²) in [5, 5.41) is 4.82. The Kier molecular flexibility index (Phi) is 8.76. The number of methoxy groups -OCH3 is 1. The first kappa shape index (κ1) is 24.8. The Labute approximate surface area is 219 Å². The zero-order chi connectivity index (χ0) is 23.3. The molecule has 11 heteroatoms. The predicted octanol–water partition coefficient (Wildman–Crippen LogP) is 5.12. The van der Waals surface area contributed by atoms with E-state index in [1.807, 2.05) is 12.1 Å². The van der Waals surface area contributed by atoms with Gasteiger partial charge in [-0.15, -0.1) is 0 Å². The highest BCUT2D eigenvalue weighted by molar-refractivity contribution is 14.1. The standard InChI is InChI=1S/C21H17BrI2N2O6/c1-3-30-18(27)10-31-20-14(23)4-11(5-16(20)29-2)9-25-26-21(28)17-7-12-6-13(22)8-15(24)19(12)32-17/h4-9H,3,10H2,1-2H3,(H,26,28)/b25-9-. The van der Waals surface area contributed by atoms with Crippen molar-refractivity contribution in [2.45, 2.75) is 6.92 Å². The van der Waals surface area contributed by atoms with Gasteiger partial charge in [-0.3, -0.25) is 4.79 Å². The molecule has 0 spiro atoms. The number of halogens is 3. The molecule has 3 aromatic rings. The molecule has 1 N–H and O–H groups in total. The Morgan fingerprint density at radius 1 is 1.19 bits per heavy atom. The molecule has 0 saturated carbocycles. The summed E-state index contributed by atoms with van der Waals surface area (Å²) >= 11 is 7.64. The van der Waals surface area contributed by atoms with Crippen LogP contribution < -0.4 is 14.9 Å². The van der Waals surface area contributed by atoms with Crippen LogP contribution in [-0.4, -0.2) is 38.4 Å². The normalized spacial score (nSPS) is 11.0. The van der Waals surface area contributed by atoms with Gasteiger partial charge in [-0.1, -0.05) is 15.9 Å². The number of carbonyl (C=O) groups excluding carboxylic acids is 2. The fourth-order valence-electron chi connectivity index (χ4n) is 2.70. The number of nitrogens with zero attached hydrogens (tertiary/aromatic N) is 1. The SMILES string of the molecule is CCOC(=O)COc1c(I)cc(/C=N\NC(=O)c2cc3cc(Br)cc(I)c3o2)cc1OC. The average Bonchev–Trinajstić information content (AvgIpc) is 3.17. The maximum atomic E-state index is 12.4. The van der Waals surface area contributed by atoms with E-state index >= 15 is 0 Å². The van der Waals surface area contributed by atoms with Crippen molar-refractivity contribution in [3.63, 3.8) is 0 Å². The molecule has 3 rings (SSSR count). The first-order valence-corrected chi connectivity index (χ1v) is 12.1. The first-order valence-electron chi connectivity index (χ1n) is 9.20. The Morgan fingerprint density at radius 3 is 2.69 bits per heavy atom. The number of hydrogen-bond donors (Lipinski definition) is 1. The number of ether oxygens (including phenoxy) is 3. The minimum absolute atomic E-state index is 0.156. The molecule has 0 aliphatic carbocycles. The molecule has 32 heavy (non-hydrogen) atoms. The van der Waals surface area contributed by atoms with Gasteiger partial charge in [0.05, 0.1) is 27.1 Å². The van der Waals surface area contributed by atoms with Crippen LogP contribution >= 0.6 is 61.1 Å². The summed E-state index contributed by atoms with van der Waals surface area (Å²) in [6.07, 6.45) is 1.47. The summed E-state index contributed by atoms with van der Waals surface area (Å²) in [6.45, 7) is 1.78. The number of furan rings is 1. The predicted molar refractivity (Wildman–Crippen MR) is 140 cm³/mol. The van der Waals surface area contributed by atoms with E-state index in [4.69, 9.17) is 18.6 Å². The zero-order valence-corrected chi connectivity index (χ0v) is 22.8. The van der Waals surface area contributed by atoms with Crippen molar-refractivity contribution in [2.75, 3.05) is 20.3 Å². The highest BCUT2D eigenvalue weighted by Gasteiger charge is 2.15. The van der Waals surface area contributed by atoms with Crippen molar-refractivity contribution in [3.8, 4) is 11.5 Å². The molecule has 168 valence electrons. The fraction of sp³-hybridized carbons (Fsp3) is 0.190. The Morgan fingerprint density at radius 2 is 1.97 bits per heavy atom. The maximum Gasteiger partial charge on any atom is 0.344 e. The van der Waals surface area contributed by atoms with E-state index in [0.29, 0.717) is 26.2 Å². The summed E-state index contributed by atoms with van der Waals surface area (Å²) in [5.41, 5.74) is 3.76. The van der Waals surface area contributed by atoms with Crippen molar-refractivity contribution < 1.29 is 28.2 Å². The number of hydrazone groups is 1. The second kappa shape index (κ2) is 11.3. The van der Waals surface area contributed by atoms with Gasteiger partial charge in [-0.25, -0.2) is 10.2 Å². The van der Waals surface area contributed by atoms with Crippen LogP contribution in [0.25, 0.3) is 11.0 Å². The third kappa shape index (κ3) is 6.13. The van der Waals surface area contributed by atoms with Gasteiger partial charge in [0.1, 0.15) is 5.58 Å². The van der Waals surface area contributed by atoms with Gasteiger partial charge in [0.2, 0.25) is 0 Å². The number of nitrogens with one attached hydrogen (secondary N) is 1. The molecule has 0 aliphatic rings. The summed E-state index contributed by atoms with van der Waals surface area (Å²) in [4.78, 5) is 24.0. The Bertz CT molecular complexity index is 1190. The van der Waals surface area contributed by atoms with E-state index in [2.05, 4.69) is 71.6 Å². The highest BCUT2D eigenvalue weighted by atomic mass is 127. The summed E-state index contributed by atoms with van der Waals surface area (Å²) in [5.74, 6) is 0.0617. The van der Waals surface area contributed by atoms with Crippen LogP contribution in [0.1, 0.15) is 23.0 Å². The zero-order valence-electron chi connectivity index (χ0n) is 16.9. The molecule has 0 radical (unpaired) electrons. The van der Waals surface area contributed by atoms with Crippen LogP contribution in [0.4, 0.5) is 0 Å². The number of amides is 1. The minimum Gasteiger partial charge on any atom is -0.493 e. The lowest BCUT2D eigenvalue weighted by atomic mass is 10.2. The summed E-state index contributed by atoms with van der Waals surface area (Å²) < 4.78 is 23.9. The minimum atomic E-state index is -0.472. The quantitative estimate of drug-likeness (QED) is 0.150. The number of carbonyl (C=O) groups is 2. The van der Waals surface area contributed by atoms with Crippen LogP contribution in [0.15, 0.2) is 44.3 Å². The van der Waals surface area contributed by atoms with Gasteiger partial charge in [0, 0.05) is 9.86 Å². The molecule has 8 nitrogen and oxygen atoms in total. The monoisotopic (exact) mass is 726 g/mol. The molecule has 2 aromatic carbocycles. The fourth-order valence-corrected chi connectivity index (χ4v) is 5.14. The summed E-state index contributed by atoms with van der Waals surface area (Å²) in [6, 6.07) is 8.90. The van der Waals surface area contributed by atoms with Crippen molar-refractivity contribution in [2.24, 2.45) is 5.10 Å². The lowest BCUT2D eigenvalue weighted by Crippen LogP contribution is -2.17. The second-order valence-corrected chi connectivity index (χ2v) is 9.48. The Balaban J connectivity index is 1.71. The lowest BCUT2D eigenvalue weighted by molar-refractivity contribution is -0.145. The number of fused-ring (bicyclic) bond motifs is 1. The molecule has 0 bridgehead atoms. The molecule has 0 atom stereocenters. The number of rotatable bonds is 8. The van der Waals surface area contributed by atoms with E-state index in [1.54, 1.807) is 25.1 Å². The smallest absolute Gasteiger partial charge is 0.344 e. The van der Waals surface area contributed by atoms with Gasteiger partial charge in [-0.05, 0) is 88.0 Å². The number of benzene rings is 2. The molecule has 0 saturated heterocycles. The maximum absolute atomic E-state index is 12.4. The van der Waals surface area contributed by atoms with Crippen LogP contribution in [0.3, 0.4) is 0 Å². The third-order valence-electron chi connectivity index (χ3n) is 4.03. The van der Waals surface area contributed by atoms with Crippen LogP contribution in [-0.2, 0) is 9.53 Å². The molecular formula is C21H17BrI2N2O6. The average molecular weight is 727 g/mol. The summed E-state index contributed by atoms with van der Waals surface area (Å²) in [7, 11) is 1.49. The van der Waals surface area contributed by atoms with E-state index in [9.17, 15) is 9.59 Å². The largest absolute Gasteiger partial charge is 0.493 e. The molecule has 0 fully saturated rings. The molecular weight excluding hydrogens is 710 g/mol. The van der Waals surface area contributed by atoms with Gasteiger partial charge >= 0.3 is 11.9 Å². The van der Waals surface area contributed by atoms with Gasteiger partial charge in [-0.2, -0.15) is 5.10 Å². The molecule has 0 unspecified atom stereocenters. The van der Waals surface area contributed by atoms with Crippen molar-refractivity contribution in [3.05, 3.63) is 53.3 Å². The van der Waals surface area contributed by atoms with E-state index < -0.39 is 11.9 Å². The second-order valence-electron chi connectivity index (χ2n) is 6.24. The van der Waals surface area contributed by atoms with Gasteiger partial charge in [0.15, 0.2) is 23.9 Å². The van der Waals surface area contributed by atoms with E-state index in [-0.39, 0.29) is 19.0 Å². The lowest BCUT2D eigenvalue weighted by Gasteiger charge is -2.13. The van der Waals surface area contributed by atoms with Gasteiger partial charge < -0.3 is 18.6 Å². The first-order chi connectivity index (χ1) is 15.3.